The number of pyridine rings is 1. The zero-order valence-electron chi connectivity index (χ0n) is 16.1. The lowest BCUT2D eigenvalue weighted by molar-refractivity contribution is 0.0746. The first-order chi connectivity index (χ1) is 13.1. The van der Waals surface area contributed by atoms with E-state index >= 15 is 0 Å². The monoisotopic (exact) mass is 359 g/mol. The minimum Gasteiger partial charge on any atom is -0.355 e. The molecule has 1 amide bonds. The average Bonchev–Trinajstić information content (AvgIpc) is 2.70. The van der Waals surface area contributed by atoms with E-state index in [0.29, 0.717) is 18.8 Å². The molecule has 0 radical (unpaired) electrons. The van der Waals surface area contributed by atoms with Crippen LogP contribution in [0, 0.1) is 13.8 Å². The highest BCUT2D eigenvalue weighted by Gasteiger charge is 2.16. The van der Waals surface area contributed by atoms with Crippen molar-refractivity contribution in [1.29, 1.82) is 0 Å². The van der Waals surface area contributed by atoms with E-state index in [4.69, 9.17) is 0 Å². The van der Waals surface area contributed by atoms with E-state index < -0.39 is 0 Å². The van der Waals surface area contributed by atoms with Crippen molar-refractivity contribution < 1.29 is 4.79 Å². The van der Waals surface area contributed by atoms with Crippen LogP contribution < -0.4 is 5.32 Å². The Morgan fingerprint density at radius 3 is 2.56 bits per heavy atom. The summed E-state index contributed by atoms with van der Waals surface area (Å²) in [5.74, 6) is -0.0639. The molecule has 4 nitrogen and oxygen atoms in total. The molecule has 0 fully saturated rings. The van der Waals surface area contributed by atoms with Crippen LogP contribution in [0.3, 0.4) is 0 Å². The molecule has 0 unspecified atom stereocenters. The second-order valence-corrected chi connectivity index (χ2v) is 6.61. The van der Waals surface area contributed by atoms with E-state index in [-0.39, 0.29) is 5.91 Å². The number of aryl methyl sites for hydroxylation is 1. The molecule has 0 aliphatic rings. The maximum atomic E-state index is 12.9. The molecule has 1 N–H and O–H groups in total. The summed E-state index contributed by atoms with van der Waals surface area (Å²) in [6, 6.07) is 19.9. The zero-order valence-corrected chi connectivity index (χ0v) is 16.1. The predicted molar refractivity (Wildman–Crippen MR) is 110 cm³/mol. The molecule has 3 rings (SSSR count). The highest BCUT2D eigenvalue weighted by atomic mass is 16.2. The maximum Gasteiger partial charge on any atom is 0.272 e. The minimum absolute atomic E-state index is 0.0639. The van der Waals surface area contributed by atoms with Crippen molar-refractivity contribution in [2.45, 2.75) is 27.3 Å². The van der Waals surface area contributed by atoms with Gasteiger partial charge in [-0.3, -0.25) is 9.78 Å². The first-order valence-corrected chi connectivity index (χ1v) is 9.21. The van der Waals surface area contributed by atoms with E-state index in [1.54, 1.807) is 11.1 Å². The Morgan fingerprint density at radius 1 is 1.04 bits per heavy atom. The van der Waals surface area contributed by atoms with Crippen LogP contribution in [0.25, 0.3) is 0 Å². The highest BCUT2D eigenvalue weighted by molar-refractivity contribution is 5.93. The minimum atomic E-state index is -0.0639. The Morgan fingerprint density at radius 2 is 1.81 bits per heavy atom. The van der Waals surface area contributed by atoms with Crippen molar-refractivity contribution in [3.8, 4) is 0 Å². The number of hydrogen-bond acceptors (Lipinski definition) is 3. The number of carbonyl (C=O) groups is 1. The van der Waals surface area contributed by atoms with Crippen molar-refractivity contribution in [2.75, 3.05) is 11.9 Å². The van der Waals surface area contributed by atoms with Crippen LogP contribution in [0.1, 0.15) is 34.1 Å². The van der Waals surface area contributed by atoms with Gasteiger partial charge in [0.15, 0.2) is 0 Å². The predicted octanol–water partition coefficient (Wildman–Crippen LogP) is 5.10. The summed E-state index contributed by atoms with van der Waals surface area (Å²) < 4.78 is 0. The van der Waals surface area contributed by atoms with Gasteiger partial charge in [0.25, 0.3) is 5.91 Å². The van der Waals surface area contributed by atoms with Crippen LogP contribution in [0.5, 0.6) is 0 Å². The summed E-state index contributed by atoms with van der Waals surface area (Å²) in [6.45, 7) is 7.36. The number of anilines is 2. The molecule has 0 saturated carbocycles. The Labute approximate surface area is 160 Å². The lowest BCUT2D eigenvalue weighted by Crippen LogP contribution is -2.31. The van der Waals surface area contributed by atoms with Crippen LogP contribution in [0.15, 0.2) is 66.9 Å². The number of aromatic nitrogens is 1. The molecular formula is C23H25N3O. The number of hydrogen-bond donors (Lipinski definition) is 1. The van der Waals surface area contributed by atoms with Crippen LogP contribution in [-0.2, 0) is 6.54 Å². The van der Waals surface area contributed by atoms with E-state index in [1.165, 1.54) is 11.1 Å². The first-order valence-electron chi connectivity index (χ1n) is 9.21. The quantitative estimate of drug-likeness (QED) is 0.665. The molecule has 2 aromatic carbocycles. The Bertz CT molecular complexity index is 922. The fourth-order valence-electron chi connectivity index (χ4n) is 2.96. The summed E-state index contributed by atoms with van der Waals surface area (Å²) in [5, 5.41) is 3.40. The van der Waals surface area contributed by atoms with Gasteiger partial charge >= 0.3 is 0 Å². The lowest BCUT2D eigenvalue weighted by atomic mass is 10.1. The fourth-order valence-corrected chi connectivity index (χ4v) is 2.96. The van der Waals surface area contributed by atoms with Gasteiger partial charge in [-0.25, -0.2) is 0 Å². The molecule has 3 aromatic rings. The number of nitrogens with zero attached hydrogens (tertiary/aromatic N) is 2. The molecule has 1 heterocycles. The third-order valence-corrected chi connectivity index (χ3v) is 4.75. The first kappa shape index (κ1) is 18.6. The summed E-state index contributed by atoms with van der Waals surface area (Å²) >= 11 is 0. The molecule has 0 aliphatic carbocycles. The lowest BCUT2D eigenvalue weighted by Gasteiger charge is -2.21. The second kappa shape index (κ2) is 8.49. The van der Waals surface area contributed by atoms with E-state index in [1.807, 2.05) is 61.5 Å². The Hall–Kier alpha value is -3.14. The smallest absolute Gasteiger partial charge is 0.272 e. The van der Waals surface area contributed by atoms with Gasteiger partial charge in [-0.05, 0) is 55.7 Å². The number of carbonyl (C=O) groups excluding carboxylic acids is 1. The van der Waals surface area contributed by atoms with Gasteiger partial charge in [0.2, 0.25) is 0 Å². The third kappa shape index (κ3) is 4.53. The normalized spacial score (nSPS) is 10.5. The number of nitrogens with one attached hydrogen (secondary N) is 1. The molecule has 0 aliphatic heterocycles. The topological polar surface area (TPSA) is 45.2 Å². The van der Waals surface area contributed by atoms with E-state index in [2.05, 4.69) is 30.2 Å². The summed E-state index contributed by atoms with van der Waals surface area (Å²) in [6.07, 6.45) is 1.68. The highest BCUT2D eigenvalue weighted by Crippen LogP contribution is 2.23. The van der Waals surface area contributed by atoms with Gasteiger partial charge in [0.05, 0.1) is 0 Å². The summed E-state index contributed by atoms with van der Waals surface area (Å²) in [5.41, 5.74) is 5.88. The van der Waals surface area contributed by atoms with Crippen LogP contribution >= 0.6 is 0 Å². The number of rotatable bonds is 6. The molecule has 0 atom stereocenters. The van der Waals surface area contributed by atoms with Crippen LogP contribution in [-0.4, -0.2) is 22.3 Å². The van der Waals surface area contributed by atoms with E-state index in [0.717, 1.165) is 16.9 Å². The van der Waals surface area contributed by atoms with Gasteiger partial charge in [0.1, 0.15) is 5.69 Å². The SMILES string of the molecule is CCN(Cc1ccccc1)C(=O)c1cc(Nc2cccc(C)c2C)ccn1. The number of benzene rings is 2. The molecule has 0 spiro atoms. The Kier molecular flexibility index (Phi) is 5.87. The summed E-state index contributed by atoms with van der Waals surface area (Å²) in [4.78, 5) is 19.0. The molecule has 4 heteroatoms. The third-order valence-electron chi connectivity index (χ3n) is 4.75. The zero-order chi connectivity index (χ0) is 19.2. The van der Waals surface area contributed by atoms with Crippen molar-refractivity contribution in [3.05, 3.63) is 89.2 Å². The van der Waals surface area contributed by atoms with Gasteiger partial charge in [-0.15, -0.1) is 0 Å². The van der Waals surface area contributed by atoms with E-state index in [9.17, 15) is 4.79 Å². The van der Waals surface area contributed by atoms with Crippen molar-refractivity contribution in [3.63, 3.8) is 0 Å². The van der Waals surface area contributed by atoms with Gasteiger partial charge in [-0.2, -0.15) is 0 Å². The Balaban J connectivity index is 1.79. The molecule has 138 valence electrons. The molecule has 27 heavy (non-hydrogen) atoms. The van der Waals surface area contributed by atoms with Gasteiger partial charge in [-0.1, -0.05) is 42.5 Å². The van der Waals surface area contributed by atoms with Crippen molar-refractivity contribution >= 4 is 17.3 Å². The molecule has 0 bridgehead atoms. The van der Waals surface area contributed by atoms with Crippen molar-refractivity contribution in [2.24, 2.45) is 0 Å². The van der Waals surface area contributed by atoms with Crippen LogP contribution in [0.4, 0.5) is 11.4 Å². The molecule has 1 aromatic heterocycles. The standard InChI is InChI=1S/C23H25N3O/c1-4-26(16-19-10-6-5-7-11-19)23(27)22-15-20(13-14-24-22)25-21-12-8-9-17(2)18(21)3/h5-15H,4,16H2,1-3H3,(H,24,25). The molecule has 0 saturated heterocycles. The number of amides is 1. The van der Waals surface area contributed by atoms with Crippen molar-refractivity contribution in [1.82, 2.24) is 9.88 Å². The van der Waals surface area contributed by atoms with Gasteiger partial charge < -0.3 is 10.2 Å². The molecular weight excluding hydrogens is 334 g/mol. The fraction of sp³-hybridized carbons (Fsp3) is 0.217. The van der Waals surface area contributed by atoms with Gasteiger partial charge in [0, 0.05) is 30.7 Å². The van der Waals surface area contributed by atoms with Crippen LogP contribution in [0.2, 0.25) is 0 Å². The summed E-state index contributed by atoms with van der Waals surface area (Å²) in [7, 11) is 0. The second-order valence-electron chi connectivity index (χ2n) is 6.61. The average molecular weight is 359 g/mol. The largest absolute Gasteiger partial charge is 0.355 e. The maximum absolute atomic E-state index is 12.9.